The average molecular weight is 470 g/mol. The van der Waals surface area contributed by atoms with Crippen LogP contribution in [0, 0.1) is 9.39 Å². The van der Waals surface area contributed by atoms with Crippen molar-refractivity contribution < 1.29 is 18.4 Å². The van der Waals surface area contributed by atoms with Gasteiger partial charge < -0.3 is 4.90 Å². The quantitative estimate of drug-likeness (QED) is 0.699. The van der Waals surface area contributed by atoms with Gasteiger partial charge in [-0.25, -0.2) is 18.7 Å². The van der Waals surface area contributed by atoms with Crippen molar-refractivity contribution in [1.82, 2.24) is 14.9 Å². The van der Waals surface area contributed by atoms with Gasteiger partial charge in [0.15, 0.2) is 5.82 Å². The first-order valence-electron chi connectivity index (χ1n) is 7.90. The number of nitrogens with one attached hydrogen (secondary N) is 1. The van der Waals surface area contributed by atoms with Crippen LogP contribution in [0.5, 0.6) is 0 Å². The molecular weight excluding hydrogens is 457 g/mol. The molecular formula is C17H13F2IN4O2. The molecule has 1 N–H and O–H groups in total. The molecule has 134 valence electrons. The Morgan fingerprint density at radius 2 is 2.08 bits per heavy atom. The van der Waals surface area contributed by atoms with Gasteiger partial charge >= 0.3 is 0 Å². The molecule has 0 bridgehead atoms. The van der Waals surface area contributed by atoms with E-state index in [0.29, 0.717) is 12.0 Å². The maximum Gasteiger partial charge on any atom is 0.254 e. The minimum absolute atomic E-state index is 0.0553. The van der Waals surface area contributed by atoms with Crippen LogP contribution in [0.4, 0.5) is 14.7 Å². The summed E-state index contributed by atoms with van der Waals surface area (Å²) in [5, 5.41) is 2.41. The second kappa shape index (κ2) is 6.22. The number of nitrogens with zero attached hydrogens (tertiary/aromatic N) is 3. The van der Waals surface area contributed by atoms with Crippen LogP contribution in [0.1, 0.15) is 22.3 Å². The molecule has 2 amide bonds. The van der Waals surface area contributed by atoms with E-state index in [2.05, 4.69) is 37.9 Å². The molecule has 0 radical (unpaired) electrons. The summed E-state index contributed by atoms with van der Waals surface area (Å²) in [6.45, 7) is -0.0999. The Morgan fingerprint density at radius 1 is 1.38 bits per heavy atom. The SMILES string of the molecule is O=C(CN1C[C@]2(C[C@@H]2F)c2cc(I)ccc2C1=O)Nc1ncc(F)cn1. The van der Waals surface area contributed by atoms with Gasteiger partial charge in [-0.3, -0.25) is 14.9 Å². The second-order valence-corrected chi connectivity index (χ2v) is 7.70. The lowest BCUT2D eigenvalue weighted by Crippen LogP contribution is -2.47. The molecule has 1 fully saturated rings. The standard InChI is InChI=1S/C17H13F2IN4O2/c18-9-5-21-16(22-6-9)23-14(25)7-24-8-17(4-13(17)19)12-3-10(20)1-2-11(12)15(24)26/h1-3,5-6,13H,4,7-8H2,(H,21,22,23,25)/t13-,17+/m0/s1. The number of amides is 2. The number of fused-ring (bicyclic) bond motifs is 2. The predicted octanol–water partition coefficient (Wildman–Crippen LogP) is 2.29. The van der Waals surface area contributed by atoms with E-state index < -0.39 is 23.3 Å². The number of carbonyl (C=O) groups excluding carboxylic acids is 2. The molecule has 1 aliphatic carbocycles. The van der Waals surface area contributed by atoms with Gasteiger partial charge in [0.1, 0.15) is 12.7 Å². The monoisotopic (exact) mass is 470 g/mol. The molecule has 9 heteroatoms. The third kappa shape index (κ3) is 2.93. The summed E-state index contributed by atoms with van der Waals surface area (Å²) in [6, 6.07) is 5.31. The Kier molecular flexibility index (Phi) is 4.13. The number of benzene rings is 1. The minimum atomic E-state index is -1.03. The first-order valence-corrected chi connectivity index (χ1v) is 8.98. The van der Waals surface area contributed by atoms with Gasteiger partial charge in [0.05, 0.1) is 12.4 Å². The second-order valence-electron chi connectivity index (χ2n) is 6.45. The Balaban J connectivity index is 1.54. The van der Waals surface area contributed by atoms with Gasteiger partial charge in [0.25, 0.3) is 5.91 Å². The van der Waals surface area contributed by atoms with Crippen LogP contribution in [0.3, 0.4) is 0 Å². The van der Waals surface area contributed by atoms with E-state index in [1.54, 1.807) is 12.1 Å². The van der Waals surface area contributed by atoms with Gasteiger partial charge in [-0.05, 0) is 52.8 Å². The summed E-state index contributed by atoms with van der Waals surface area (Å²) in [6.07, 6.45) is 1.17. The van der Waals surface area contributed by atoms with Crippen molar-refractivity contribution in [2.45, 2.75) is 18.0 Å². The van der Waals surface area contributed by atoms with E-state index in [9.17, 15) is 18.4 Å². The number of alkyl halides is 1. The maximum absolute atomic E-state index is 14.2. The first-order chi connectivity index (χ1) is 12.4. The van der Waals surface area contributed by atoms with Crippen LogP contribution >= 0.6 is 22.6 Å². The first kappa shape index (κ1) is 17.3. The lowest BCUT2D eigenvalue weighted by Gasteiger charge is -2.34. The van der Waals surface area contributed by atoms with Crippen molar-refractivity contribution in [2.75, 3.05) is 18.4 Å². The smallest absolute Gasteiger partial charge is 0.254 e. The Bertz CT molecular complexity index is 908. The number of rotatable bonds is 3. The highest BCUT2D eigenvalue weighted by Gasteiger charge is 2.61. The third-order valence-electron chi connectivity index (χ3n) is 4.70. The van der Waals surface area contributed by atoms with Crippen molar-refractivity contribution in [1.29, 1.82) is 0 Å². The van der Waals surface area contributed by atoms with E-state index in [1.807, 2.05) is 6.07 Å². The summed E-state index contributed by atoms with van der Waals surface area (Å²) >= 11 is 2.13. The highest BCUT2D eigenvalue weighted by molar-refractivity contribution is 14.1. The predicted molar refractivity (Wildman–Crippen MR) is 96.9 cm³/mol. The fourth-order valence-electron chi connectivity index (χ4n) is 3.33. The Morgan fingerprint density at radius 3 is 2.73 bits per heavy atom. The maximum atomic E-state index is 14.2. The van der Waals surface area contributed by atoms with Crippen molar-refractivity contribution in [2.24, 2.45) is 0 Å². The lowest BCUT2D eigenvalue weighted by molar-refractivity contribution is -0.117. The number of aromatic nitrogens is 2. The fourth-order valence-corrected chi connectivity index (χ4v) is 3.82. The molecule has 1 spiro atoms. The summed E-state index contributed by atoms with van der Waals surface area (Å²) in [7, 11) is 0. The molecule has 2 aromatic rings. The molecule has 1 aromatic carbocycles. The number of hydrogen-bond donors (Lipinski definition) is 1. The van der Waals surface area contributed by atoms with Crippen molar-refractivity contribution in [3.05, 3.63) is 51.1 Å². The minimum Gasteiger partial charge on any atom is -0.328 e. The Labute approximate surface area is 161 Å². The van der Waals surface area contributed by atoms with Gasteiger partial charge in [-0.15, -0.1) is 0 Å². The number of halogens is 3. The summed E-state index contributed by atoms with van der Waals surface area (Å²) in [5.41, 5.74) is 0.431. The number of carbonyl (C=O) groups is 2. The zero-order valence-corrected chi connectivity index (χ0v) is 15.5. The molecule has 0 unspecified atom stereocenters. The molecule has 4 rings (SSSR count). The zero-order chi connectivity index (χ0) is 18.5. The number of anilines is 1. The van der Waals surface area contributed by atoms with Gasteiger partial charge in [-0.2, -0.15) is 0 Å². The molecule has 0 saturated heterocycles. The van der Waals surface area contributed by atoms with Gasteiger partial charge in [0, 0.05) is 21.1 Å². The molecule has 1 aliphatic heterocycles. The van der Waals surface area contributed by atoms with E-state index in [-0.39, 0.29) is 24.9 Å². The highest BCUT2D eigenvalue weighted by Crippen LogP contribution is 2.54. The zero-order valence-electron chi connectivity index (χ0n) is 13.4. The average Bonchev–Trinajstić information content (AvgIpc) is 3.25. The molecule has 1 aromatic heterocycles. The summed E-state index contributed by atoms with van der Waals surface area (Å²) in [4.78, 5) is 33.6. The van der Waals surface area contributed by atoms with Gasteiger partial charge in [0.2, 0.25) is 11.9 Å². The largest absolute Gasteiger partial charge is 0.328 e. The van der Waals surface area contributed by atoms with Crippen LogP contribution < -0.4 is 5.32 Å². The Hall–Kier alpha value is -2.17. The number of hydrogen-bond acceptors (Lipinski definition) is 4. The van der Waals surface area contributed by atoms with Crippen molar-refractivity contribution >= 4 is 40.4 Å². The molecule has 1 saturated carbocycles. The van der Waals surface area contributed by atoms with E-state index in [1.165, 1.54) is 4.90 Å². The normalized spacial score (nSPS) is 23.7. The van der Waals surface area contributed by atoms with Crippen LogP contribution in [-0.2, 0) is 10.2 Å². The van der Waals surface area contributed by atoms with Crippen molar-refractivity contribution in [3.63, 3.8) is 0 Å². The van der Waals surface area contributed by atoms with Gasteiger partial charge in [-0.1, -0.05) is 0 Å². The molecule has 2 heterocycles. The summed E-state index contributed by atoms with van der Waals surface area (Å²) in [5.74, 6) is -1.51. The topological polar surface area (TPSA) is 75.2 Å². The summed E-state index contributed by atoms with van der Waals surface area (Å²) < 4.78 is 27.9. The molecule has 2 atom stereocenters. The van der Waals surface area contributed by atoms with Crippen LogP contribution in [0.2, 0.25) is 0 Å². The lowest BCUT2D eigenvalue weighted by atomic mass is 9.86. The van der Waals surface area contributed by atoms with Crippen molar-refractivity contribution in [3.8, 4) is 0 Å². The highest BCUT2D eigenvalue weighted by atomic mass is 127. The molecule has 6 nitrogen and oxygen atoms in total. The molecule has 2 aliphatic rings. The fraction of sp³-hybridized carbons (Fsp3) is 0.294. The third-order valence-corrected chi connectivity index (χ3v) is 5.37. The molecule has 26 heavy (non-hydrogen) atoms. The van der Waals surface area contributed by atoms with Crippen LogP contribution in [0.15, 0.2) is 30.6 Å². The van der Waals surface area contributed by atoms with Crippen LogP contribution in [0.25, 0.3) is 0 Å². The van der Waals surface area contributed by atoms with E-state index in [0.717, 1.165) is 21.5 Å². The van der Waals surface area contributed by atoms with Crippen LogP contribution in [-0.4, -0.2) is 45.9 Å². The van der Waals surface area contributed by atoms with E-state index in [4.69, 9.17) is 0 Å². The van der Waals surface area contributed by atoms with E-state index >= 15 is 0 Å².